The molecule has 0 fully saturated rings. The Morgan fingerprint density at radius 3 is 2.89 bits per heavy atom. The Hall–Kier alpha value is -1.12. The zero-order chi connectivity index (χ0) is 6.69. The highest BCUT2D eigenvalue weighted by Crippen LogP contribution is 1.95. The first-order valence-electron chi connectivity index (χ1n) is 2.90. The van der Waals surface area contributed by atoms with E-state index in [-0.39, 0.29) is 0 Å². The van der Waals surface area contributed by atoms with Crippen LogP contribution in [0.25, 0.3) is 0 Å². The third kappa shape index (κ3) is 1.38. The van der Waals surface area contributed by atoms with Crippen molar-refractivity contribution in [1.82, 2.24) is 9.97 Å². The molecule has 0 bridgehead atoms. The number of anilines is 1. The minimum Gasteiger partial charge on any atom is -0.368 e. The third-order valence-electron chi connectivity index (χ3n) is 1.09. The summed E-state index contributed by atoms with van der Waals surface area (Å²) in [5.41, 5.74) is 6.30. The van der Waals surface area contributed by atoms with Gasteiger partial charge in [-0.2, -0.15) is 0 Å². The quantitative estimate of drug-likeness (QED) is 0.595. The summed E-state index contributed by atoms with van der Waals surface area (Å²) in [6.07, 6.45) is 2.58. The van der Waals surface area contributed by atoms with Crippen LogP contribution < -0.4 is 5.73 Å². The molecule has 0 saturated carbocycles. The maximum atomic E-state index is 5.31. The Morgan fingerprint density at radius 2 is 2.44 bits per heavy atom. The number of hydrogen-bond acceptors (Lipinski definition) is 3. The predicted octanol–water partition coefficient (Wildman–Crippen LogP) is 0.621. The lowest BCUT2D eigenvalue weighted by Gasteiger charge is -1.93. The zero-order valence-corrected chi connectivity index (χ0v) is 5.33. The van der Waals surface area contributed by atoms with Gasteiger partial charge in [0, 0.05) is 11.9 Å². The maximum absolute atomic E-state index is 5.31. The van der Waals surface area contributed by atoms with Crippen molar-refractivity contribution < 1.29 is 0 Å². The number of aromatic nitrogens is 2. The van der Waals surface area contributed by atoms with E-state index >= 15 is 0 Å². The molecule has 0 unspecified atom stereocenters. The molecular formula is C6H9N3. The van der Waals surface area contributed by atoms with Crippen LogP contribution in [-0.4, -0.2) is 9.97 Å². The van der Waals surface area contributed by atoms with E-state index in [4.69, 9.17) is 5.73 Å². The van der Waals surface area contributed by atoms with Crippen LogP contribution in [0.15, 0.2) is 12.3 Å². The van der Waals surface area contributed by atoms with Gasteiger partial charge in [-0.3, -0.25) is 0 Å². The molecule has 2 N–H and O–H groups in total. The van der Waals surface area contributed by atoms with Crippen LogP contribution in [0.2, 0.25) is 0 Å². The van der Waals surface area contributed by atoms with Crippen LogP contribution in [-0.2, 0) is 6.42 Å². The van der Waals surface area contributed by atoms with Gasteiger partial charge < -0.3 is 5.73 Å². The van der Waals surface area contributed by atoms with Crippen LogP contribution in [0.1, 0.15) is 12.6 Å². The lowest BCUT2D eigenvalue weighted by molar-refractivity contribution is 1.01. The number of rotatable bonds is 1. The first-order valence-corrected chi connectivity index (χ1v) is 2.90. The van der Waals surface area contributed by atoms with Crippen molar-refractivity contribution in [2.75, 3.05) is 5.73 Å². The van der Waals surface area contributed by atoms with Gasteiger partial charge in [-0.25, -0.2) is 9.97 Å². The van der Waals surface area contributed by atoms with Gasteiger partial charge in [0.15, 0.2) is 0 Å². The molecule has 0 spiro atoms. The second-order valence-corrected chi connectivity index (χ2v) is 1.76. The summed E-state index contributed by atoms with van der Waals surface area (Å²) >= 11 is 0. The van der Waals surface area contributed by atoms with E-state index in [1.807, 2.05) is 13.0 Å². The minimum absolute atomic E-state index is 0.356. The molecule has 1 heterocycles. The Morgan fingerprint density at radius 1 is 1.67 bits per heavy atom. The standard InChI is InChI=1S/C6H9N3/c1-2-5-3-4-8-6(7)9-5/h3-4H,2H2,1H3,(H2,7,8,9). The molecule has 0 atom stereocenters. The van der Waals surface area contributed by atoms with Gasteiger partial charge in [-0.15, -0.1) is 0 Å². The molecule has 3 nitrogen and oxygen atoms in total. The van der Waals surface area contributed by atoms with Crippen molar-refractivity contribution >= 4 is 5.95 Å². The van der Waals surface area contributed by atoms with E-state index in [9.17, 15) is 0 Å². The van der Waals surface area contributed by atoms with E-state index < -0.39 is 0 Å². The van der Waals surface area contributed by atoms with Crippen molar-refractivity contribution in [3.63, 3.8) is 0 Å². The average Bonchev–Trinajstić information content (AvgIpc) is 1.88. The van der Waals surface area contributed by atoms with Gasteiger partial charge in [-0.1, -0.05) is 6.92 Å². The lowest BCUT2D eigenvalue weighted by atomic mass is 10.3. The van der Waals surface area contributed by atoms with Crippen molar-refractivity contribution in [1.29, 1.82) is 0 Å². The van der Waals surface area contributed by atoms with Crippen LogP contribution in [0.5, 0.6) is 0 Å². The van der Waals surface area contributed by atoms with Crippen molar-refractivity contribution in [3.8, 4) is 0 Å². The van der Waals surface area contributed by atoms with E-state index in [0.29, 0.717) is 5.95 Å². The molecule has 0 aromatic carbocycles. The van der Waals surface area contributed by atoms with Crippen molar-refractivity contribution in [3.05, 3.63) is 18.0 Å². The normalized spacial score (nSPS) is 9.44. The Labute approximate surface area is 53.9 Å². The van der Waals surface area contributed by atoms with Crippen LogP contribution >= 0.6 is 0 Å². The first kappa shape index (κ1) is 6.01. The highest BCUT2D eigenvalue weighted by molar-refractivity contribution is 5.16. The van der Waals surface area contributed by atoms with E-state index in [1.54, 1.807) is 6.20 Å². The number of nitrogens with two attached hydrogens (primary N) is 1. The van der Waals surface area contributed by atoms with Gasteiger partial charge in [0.25, 0.3) is 0 Å². The Kier molecular flexibility index (Phi) is 1.63. The van der Waals surface area contributed by atoms with E-state index in [2.05, 4.69) is 9.97 Å². The van der Waals surface area contributed by atoms with E-state index in [0.717, 1.165) is 12.1 Å². The number of aryl methyl sites for hydroxylation is 1. The molecule has 0 aliphatic heterocycles. The minimum atomic E-state index is 0.356. The number of nitrogens with zero attached hydrogens (tertiary/aromatic N) is 2. The molecule has 0 amide bonds. The molecule has 9 heavy (non-hydrogen) atoms. The fourth-order valence-electron chi connectivity index (χ4n) is 0.610. The Balaban J connectivity index is 2.94. The van der Waals surface area contributed by atoms with Crippen LogP contribution in [0.4, 0.5) is 5.95 Å². The molecule has 48 valence electrons. The van der Waals surface area contributed by atoms with Gasteiger partial charge in [0.05, 0.1) is 0 Å². The topological polar surface area (TPSA) is 51.8 Å². The Bertz CT molecular complexity index is 197. The molecule has 1 aromatic rings. The van der Waals surface area contributed by atoms with Gasteiger partial charge in [0.1, 0.15) is 0 Å². The summed E-state index contributed by atoms with van der Waals surface area (Å²) in [6, 6.07) is 1.86. The van der Waals surface area contributed by atoms with Gasteiger partial charge in [0.2, 0.25) is 5.95 Å². The fraction of sp³-hybridized carbons (Fsp3) is 0.333. The summed E-state index contributed by atoms with van der Waals surface area (Å²) in [7, 11) is 0. The lowest BCUT2D eigenvalue weighted by Crippen LogP contribution is -1.96. The highest BCUT2D eigenvalue weighted by atomic mass is 15.0. The largest absolute Gasteiger partial charge is 0.368 e. The molecular weight excluding hydrogens is 114 g/mol. The number of hydrogen-bond donors (Lipinski definition) is 1. The third-order valence-corrected chi connectivity index (χ3v) is 1.09. The first-order chi connectivity index (χ1) is 4.33. The smallest absolute Gasteiger partial charge is 0.220 e. The average molecular weight is 123 g/mol. The molecule has 0 aliphatic rings. The second kappa shape index (κ2) is 2.44. The zero-order valence-electron chi connectivity index (χ0n) is 5.33. The summed E-state index contributed by atoms with van der Waals surface area (Å²) in [5.74, 6) is 0.356. The summed E-state index contributed by atoms with van der Waals surface area (Å²) in [4.78, 5) is 7.71. The van der Waals surface area contributed by atoms with Gasteiger partial charge in [-0.05, 0) is 12.5 Å². The summed E-state index contributed by atoms with van der Waals surface area (Å²) in [6.45, 7) is 2.03. The van der Waals surface area contributed by atoms with Crippen LogP contribution in [0.3, 0.4) is 0 Å². The molecule has 3 heteroatoms. The highest BCUT2D eigenvalue weighted by Gasteiger charge is 1.89. The summed E-state index contributed by atoms with van der Waals surface area (Å²) < 4.78 is 0. The SMILES string of the molecule is CCc1ccnc(N)n1. The molecule has 0 radical (unpaired) electrons. The van der Waals surface area contributed by atoms with Crippen molar-refractivity contribution in [2.24, 2.45) is 0 Å². The monoisotopic (exact) mass is 123 g/mol. The predicted molar refractivity (Wildman–Crippen MR) is 35.8 cm³/mol. The number of nitrogen functional groups attached to an aromatic ring is 1. The fourth-order valence-corrected chi connectivity index (χ4v) is 0.610. The molecule has 1 rings (SSSR count). The van der Waals surface area contributed by atoms with Gasteiger partial charge >= 0.3 is 0 Å². The van der Waals surface area contributed by atoms with Crippen molar-refractivity contribution in [2.45, 2.75) is 13.3 Å². The van der Waals surface area contributed by atoms with Crippen LogP contribution in [0, 0.1) is 0 Å². The summed E-state index contributed by atoms with van der Waals surface area (Å²) in [5, 5.41) is 0. The van der Waals surface area contributed by atoms with E-state index in [1.165, 1.54) is 0 Å². The molecule has 0 aliphatic carbocycles. The molecule has 1 aromatic heterocycles. The molecule has 0 saturated heterocycles. The second-order valence-electron chi connectivity index (χ2n) is 1.76. The maximum Gasteiger partial charge on any atom is 0.220 e.